The van der Waals surface area contributed by atoms with Crippen LogP contribution in [-0.2, 0) is 0 Å². The van der Waals surface area contributed by atoms with E-state index in [1.54, 1.807) is 0 Å². The van der Waals surface area contributed by atoms with Crippen LogP contribution < -0.4 is 10.2 Å². The number of hydrogen-bond acceptors (Lipinski definition) is 3. The Morgan fingerprint density at radius 3 is 2.57 bits per heavy atom. The van der Waals surface area contributed by atoms with Crippen molar-refractivity contribution >= 4 is 5.69 Å². The van der Waals surface area contributed by atoms with E-state index < -0.39 is 0 Å². The molecule has 0 heterocycles. The van der Waals surface area contributed by atoms with Crippen LogP contribution in [0.15, 0.2) is 24.3 Å². The van der Waals surface area contributed by atoms with Crippen molar-refractivity contribution in [2.24, 2.45) is 5.92 Å². The molecule has 1 saturated carbocycles. The number of anilines is 1. The van der Waals surface area contributed by atoms with Gasteiger partial charge in [0.1, 0.15) is 0 Å². The van der Waals surface area contributed by atoms with Gasteiger partial charge in [-0.05, 0) is 50.3 Å². The lowest BCUT2D eigenvalue weighted by Crippen LogP contribution is -2.60. The number of hydrogen-bond donors (Lipinski definition) is 2. The molecule has 0 amide bonds. The first-order valence-electron chi connectivity index (χ1n) is 8.21. The van der Waals surface area contributed by atoms with Gasteiger partial charge in [-0.3, -0.25) is 0 Å². The van der Waals surface area contributed by atoms with Gasteiger partial charge in [0.2, 0.25) is 0 Å². The second-order valence-electron chi connectivity index (χ2n) is 6.74. The number of nitrogens with one attached hydrogen (secondary N) is 1. The molecule has 1 aliphatic rings. The summed E-state index contributed by atoms with van der Waals surface area (Å²) >= 11 is 0. The molecule has 0 spiro atoms. The van der Waals surface area contributed by atoms with Crippen LogP contribution in [0.4, 0.5) is 5.69 Å². The molecule has 0 bridgehead atoms. The Kier molecular flexibility index (Phi) is 5.28. The van der Waals surface area contributed by atoms with Crippen molar-refractivity contribution in [3.05, 3.63) is 29.8 Å². The molecule has 118 valence electrons. The molecule has 1 aromatic carbocycles. The highest BCUT2D eigenvalue weighted by Crippen LogP contribution is 2.41. The largest absolute Gasteiger partial charge is 0.394 e. The Hall–Kier alpha value is -1.06. The molecule has 1 unspecified atom stereocenters. The third kappa shape index (κ3) is 3.98. The van der Waals surface area contributed by atoms with Crippen LogP contribution in [0, 0.1) is 12.8 Å². The molecule has 2 N–H and O–H groups in total. The van der Waals surface area contributed by atoms with Crippen molar-refractivity contribution in [1.29, 1.82) is 0 Å². The number of nitrogens with zero attached hydrogens (tertiary/aromatic N) is 1. The summed E-state index contributed by atoms with van der Waals surface area (Å²) in [6, 6.07) is 9.02. The predicted molar refractivity (Wildman–Crippen MR) is 89.9 cm³/mol. The standard InChI is InChI=1S/C18H30N2O/c1-5-20(17-8-6-7-15(4)11-17)12-18(13-21,16-9-10-16)19-14(2)3/h6-8,11,14,16,19,21H,5,9-10,12-13H2,1-4H3. The summed E-state index contributed by atoms with van der Waals surface area (Å²) in [5.74, 6) is 0.601. The summed E-state index contributed by atoms with van der Waals surface area (Å²) in [7, 11) is 0. The number of benzene rings is 1. The highest BCUT2D eigenvalue weighted by Gasteiger charge is 2.46. The number of likely N-dealkylation sites (N-methyl/N-ethyl adjacent to an activating group) is 1. The fourth-order valence-corrected chi connectivity index (χ4v) is 3.28. The van der Waals surface area contributed by atoms with E-state index in [1.165, 1.54) is 24.1 Å². The summed E-state index contributed by atoms with van der Waals surface area (Å²) in [6.45, 7) is 10.7. The van der Waals surface area contributed by atoms with E-state index in [2.05, 4.69) is 62.2 Å². The van der Waals surface area contributed by atoms with E-state index in [1.807, 2.05) is 0 Å². The first-order chi connectivity index (χ1) is 10.0. The molecule has 3 nitrogen and oxygen atoms in total. The number of rotatable bonds is 8. The fraction of sp³-hybridized carbons (Fsp3) is 0.667. The molecule has 3 heteroatoms. The van der Waals surface area contributed by atoms with Gasteiger partial charge in [0, 0.05) is 24.8 Å². The third-order valence-electron chi connectivity index (χ3n) is 4.44. The smallest absolute Gasteiger partial charge is 0.0633 e. The summed E-state index contributed by atoms with van der Waals surface area (Å²) in [5, 5.41) is 13.8. The molecule has 0 saturated heterocycles. The van der Waals surface area contributed by atoms with Crippen molar-refractivity contribution in [3.63, 3.8) is 0 Å². The van der Waals surface area contributed by atoms with E-state index in [4.69, 9.17) is 0 Å². The van der Waals surface area contributed by atoms with Gasteiger partial charge in [0.25, 0.3) is 0 Å². The van der Waals surface area contributed by atoms with Gasteiger partial charge in [-0.25, -0.2) is 0 Å². The monoisotopic (exact) mass is 290 g/mol. The summed E-state index contributed by atoms with van der Waals surface area (Å²) in [6.07, 6.45) is 2.46. The Bertz CT molecular complexity index is 456. The zero-order valence-corrected chi connectivity index (χ0v) is 13.9. The lowest BCUT2D eigenvalue weighted by atomic mass is 9.91. The molecule has 0 aromatic heterocycles. The van der Waals surface area contributed by atoms with Crippen LogP contribution in [-0.4, -0.2) is 36.4 Å². The van der Waals surface area contributed by atoms with Crippen molar-refractivity contribution in [1.82, 2.24) is 5.32 Å². The van der Waals surface area contributed by atoms with Crippen molar-refractivity contribution in [3.8, 4) is 0 Å². The second kappa shape index (κ2) is 6.80. The van der Waals surface area contributed by atoms with Gasteiger partial charge in [-0.1, -0.05) is 26.0 Å². The molecule has 2 rings (SSSR count). The van der Waals surface area contributed by atoms with Crippen molar-refractivity contribution in [2.45, 2.75) is 52.1 Å². The first-order valence-corrected chi connectivity index (χ1v) is 8.21. The van der Waals surface area contributed by atoms with Gasteiger partial charge in [-0.15, -0.1) is 0 Å². The van der Waals surface area contributed by atoms with E-state index in [-0.39, 0.29) is 12.1 Å². The normalized spacial score (nSPS) is 17.8. The van der Waals surface area contributed by atoms with Crippen LogP contribution >= 0.6 is 0 Å². The predicted octanol–water partition coefficient (Wildman–Crippen LogP) is 2.96. The Morgan fingerprint density at radius 1 is 1.38 bits per heavy atom. The summed E-state index contributed by atoms with van der Waals surface area (Å²) < 4.78 is 0. The summed E-state index contributed by atoms with van der Waals surface area (Å²) in [5.41, 5.74) is 2.36. The maximum atomic E-state index is 10.1. The number of aliphatic hydroxyl groups is 1. The van der Waals surface area contributed by atoms with E-state index in [0.29, 0.717) is 12.0 Å². The molecular weight excluding hydrogens is 260 g/mol. The SMILES string of the molecule is CCN(CC(CO)(NC(C)C)C1CC1)c1cccc(C)c1. The zero-order valence-electron chi connectivity index (χ0n) is 13.9. The Labute approximate surface area is 129 Å². The molecule has 1 fully saturated rings. The molecule has 1 aliphatic carbocycles. The molecule has 1 aromatic rings. The molecule has 21 heavy (non-hydrogen) atoms. The van der Waals surface area contributed by atoms with Crippen LogP contribution in [0.25, 0.3) is 0 Å². The maximum absolute atomic E-state index is 10.1. The molecule has 0 aliphatic heterocycles. The zero-order chi connectivity index (χ0) is 15.5. The maximum Gasteiger partial charge on any atom is 0.0633 e. The highest BCUT2D eigenvalue weighted by atomic mass is 16.3. The van der Waals surface area contributed by atoms with Crippen LogP contribution in [0.5, 0.6) is 0 Å². The average Bonchev–Trinajstić information content (AvgIpc) is 3.28. The number of aliphatic hydroxyl groups excluding tert-OH is 1. The van der Waals surface area contributed by atoms with Crippen LogP contribution in [0.3, 0.4) is 0 Å². The van der Waals surface area contributed by atoms with E-state index in [9.17, 15) is 5.11 Å². The molecule has 0 radical (unpaired) electrons. The molecular formula is C18H30N2O. The van der Waals surface area contributed by atoms with Crippen molar-refractivity contribution < 1.29 is 5.11 Å². The Morgan fingerprint density at radius 2 is 2.10 bits per heavy atom. The minimum atomic E-state index is -0.173. The Balaban J connectivity index is 2.20. The average molecular weight is 290 g/mol. The first kappa shape index (κ1) is 16.3. The minimum Gasteiger partial charge on any atom is -0.394 e. The number of aryl methyl sites for hydroxylation is 1. The van der Waals surface area contributed by atoms with Gasteiger partial charge in [-0.2, -0.15) is 0 Å². The highest BCUT2D eigenvalue weighted by molar-refractivity contribution is 5.49. The summed E-state index contributed by atoms with van der Waals surface area (Å²) in [4.78, 5) is 2.39. The van der Waals surface area contributed by atoms with Gasteiger partial charge in [0.05, 0.1) is 12.1 Å². The molecule has 1 atom stereocenters. The van der Waals surface area contributed by atoms with E-state index >= 15 is 0 Å². The van der Waals surface area contributed by atoms with Crippen LogP contribution in [0.2, 0.25) is 0 Å². The lowest BCUT2D eigenvalue weighted by Gasteiger charge is -2.40. The second-order valence-corrected chi connectivity index (χ2v) is 6.74. The topological polar surface area (TPSA) is 35.5 Å². The fourth-order valence-electron chi connectivity index (χ4n) is 3.28. The third-order valence-corrected chi connectivity index (χ3v) is 4.44. The quantitative estimate of drug-likeness (QED) is 0.772. The van der Waals surface area contributed by atoms with Gasteiger partial charge < -0.3 is 15.3 Å². The van der Waals surface area contributed by atoms with Crippen molar-refractivity contribution in [2.75, 3.05) is 24.6 Å². The van der Waals surface area contributed by atoms with E-state index in [0.717, 1.165) is 13.1 Å². The van der Waals surface area contributed by atoms with Gasteiger partial charge >= 0.3 is 0 Å². The van der Waals surface area contributed by atoms with Crippen LogP contribution in [0.1, 0.15) is 39.2 Å². The van der Waals surface area contributed by atoms with Gasteiger partial charge in [0.15, 0.2) is 0 Å². The minimum absolute atomic E-state index is 0.173. The lowest BCUT2D eigenvalue weighted by molar-refractivity contribution is 0.135.